The summed E-state index contributed by atoms with van der Waals surface area (Å²) in [5.74, 6) is -0.378. The number of urea groups is 1. The lowest BCUT2D eigenvalue weighted by molar-refractivity contribution is -0.125. The van der Waals surface area contributed by atoms with E-state index in [0.29, 0.717) is 19.7 Å². The number of hydrogen-bond donors (Lipinski definition) is 3. The maximum absolute atomic E-state index is 11.7. The maximum Gasteiger partial charge on any atom is 0.325 e. The topological polar surface area (TPSA) is 96.7 Å². The van der Waals surface area contributed by atoms with Crippen molar-refractivity contribution in [2.75, 3.05) is 26.8 Å². The number of imide groups is 1. The van der Waals surface area contributed by atoms with Crippen molar-refractivity contribution in [1.82, 2.24) is 15.5 Å². The number of hydrogen-bond acceptors (Lipinski definition) is 5. The van der Waals surface area contributed by atoms with Gasteiger partial charge in [0.15, 0.2) is 0 Å². The molecule has 4 N–H and O–H groups in total. The first-order chi connectivity index (χ1) is 8.61. The number of methoxy groups -OCH3 is 1. The summed E-state index contributed by atoms with van der Waals surface area (Å²) in [5.41, 5.74) is 5.97. The van der Waals surface area contributed by atoms with Crippen molar-refractivity contribution >= 4 is 11.9 Å². The zero-order chi connectivity index (χ0) is 13.5. The van der Waals surface area contributed by atoms with E-state index in [-0.39, 0.29) is 5.91 Å². The SMILES string of the molecule is CCCCN1C(=O)NC(=O)C(NCCOC)C1N. The Morgan fingerprint density at radius 1 is 1.50 bits per heavy atom. The van der Waals surface area contributed by atoms with Crippen LogP contribution in [-0.4, -0.2) is 55.9 Å². The molecule has 0 saturated carbocycles. The zero-order valence-electron chi connectivity index (χ0n) is 10.9. The van der Waals surface area contributed by atoms with Crippen LogP contribution in [0, 0.1) is 0 Å². The molecule has 0 aromatic rings. The molecule has 1 aliphatic rings. The van der Waals surface area contributed by atoms with E-state index < -0.39 is 18.2 Å². The van der Waals surface area contributed by atoms with E-state index in [0.717, 1.165) is 12.8 Å². The molecule has 0 aromatic heterocycles. The molecule has 2 unspecified atom stereocenters. The average molecular weight is 258 g/mol. The molecule has 18 heavy (non-hydrogen) atoms. The van der Waals surface area contributed by atoms with Crippen LogP contribution in [0.1, 0.15) is 19.8 Å². The molecule has 0 aliphatic carbocycles. The Bertz CT molecular complexity index is 298. The predicted molar refractivity (Wildman–Crippen MR) is 66.8 cm³/mol. The van der Waals surface area contributed by atoms with E-state index in [1.165, 1.54) is 4.90 Å². The van der Waals surface area contributed by atoms with Gasteiger partial charge in [-0.3, -0.25) is 10.1 Å². The third-order valence-electron chi connectivity index (χ3n) is 2.90. The van der Waals surface area contributed by atoms with Gasteiger partial charge in [-0.05, 0) is 6.42 Å². The molecule has 1 rings (SSSR count). The Balaban J connectivity index is 2.59. The molecule has 0 radical (unpaired) electrons. The Labute approximate surface area is 107 Å². The molecule has 0 bridgehead atoms. The second kappa shape index (κ2) is 7.30. The number of amides is 3. The number of nitrogens with zero attached hydrogens (tertiary/aromatic N) is 1. The van der Waals surface area contributed by atoms with Crippen molar-refractivity contribution in [2.24, 2.45) is 5.73 Å². The summed E-state index contributed by atoms with van der Waals surface area (Å²) in [7, 11) is 1.58. The fraction of sp³-hybridized carbons (Fsp3) is 0.818. The van der Waals surface area contributed by atoms with Gasteiger partial charge in [-0.1, -0.05) is 13.3 Å². The molecule has 104 valence electrons. The Morgan fingerprint density at radius 3 is 2.83 bits per heavy atom. The van der Waals surface area contributed by atoms with Gasteiger partial charge in [0.25, 0.3) is 0 Å². The largest absolute Gasteiger partial charge is 0.383 e. The van der Waals surface area contributed by atoms with E-state index in [1.807, 2.05) is 6.92 Å². The van der Waals surface area contributed by atoms with Gasteiger partial charge in [-0.25, -0.2) is 4.79 Å². The molecule has 1 heterocycles. The van der Waals surface area contributed by atoms with E-state index in [2.05, 4.69) is 10.6 Å². The number of carbonyl (C=O) groups is 2. The molecule has 7 nitrogen and oxygen atoms in total. The van der Waals surface area contributed by atoms with Gasteiger partial charge in [0, 0.05) is 20.2 Å². The molecule has 3 amide bonds. The lowest BCUT2D eigenvalue weighted by atomic mass is 10.1. The Kier molecular flexibility index (Phi) is 6.03. The second-order valence-electron chi connectivity index (χ2n) is 4.26. The van der Waals surface area contributed by atoms with Crippen LogP contribution in [0.25, 0.3) is 0 Å². The molecule has 1 saturated heterocycles. The molecule has 0 aromatic carbocycles. The molecule has 1 aliphatic heterocycles. The summed E-state index contributed by atoms with van der Waals surface area (Å²) >= 11 is 0. The standard InChI is InChI=1S/C11H22N4O3/c1-3-4-6-15-9(12)8(13-5-7-18-2)10(16)14-11(15)17/h8-9,13H,3-7,12H2,1-2H3,(H,14,16,17). The molecule has 0 spiro atoms. The number of nitrogens with one attached hydrogen (secondary N) is 2. The number of unbranched alkanes of at least 4 members (excludes halogenated alkanes) is 1. The van der Waals surface area contributed by atoms with E-state index in [9.17, 15) is 9.59 Å². The predicted octanol–water partition coefficient (Wildman–Crippen LogP) is -0.772. The van der Waals surface area contributed by atoms with E-state index >= 15 is 0 Å². The van der Waals surface area contributed by atoms with Gasteiger partial charge in [0.1, 0.15) is 12.2 Å². The quantitative estimate of drug-likeness (QED) is 0.521. The number of nitrogens with two attached hydrogens (primary N) is 1. The number of ether oxygens (including phenoxy) is 1. The van der Waals surface area contributed by atoms with E-state index in [4.69, 9.17) is 10.5 Å². The van der Waals surface area contributed by atoms with Gasteiger partial charge in [-0.2, -0.15) is 0 Å². The number of rotatable bonds is 7. The van der Waals surface area contributed by atoms with Gasteiger partial charge in [0.2, 0.25) is 5.91 Å². The van der Waals surface area contributed by atoms with Gasteiger partial charge in [-0.15, -0.1) is 0 Å². The van der Waals surface area contributed by atoms with Crippen LogP contribution in [0.2, 0.25) is 0 Å². The van der Waals surface area contributed by atoms with Crippen molar-refractivity contribution in [3.8, 4) is 0 Å². The monoisotopic (exact) mass is 258 g/mol. The highest BCUT2D eigenvalue weighted by molar-refractivity contribution is 6.00. The van der Waals surface area contributed by atoms with Gasteiger partial charge in [0.05, 0.1) is 6.61 Å². The fourth-order valence-electron chi connectivity index (χ4n) is 1.83. The molecular formula is C11H22N4O3. The third-order valence-corrected chi connectivity index (χ3v) is 2.90. The van der Waals surface area contributed by atoms with Crippen LogP contribution in [0.5, 0.6) is 0 Å². The second-order valence-corrected chi connectivity index (χ2v) is 4.26. The fourth-order valence-corrected chi connectivity index (χ4v) is 1.83. The summed E-state index contributed by atoms with van der Waals surface area (Å²) in [6.45, 7) is 3.59. The van der Waals surface area contributed by atoms with Crippen LogP contribution < -0.4 is 16.4 Å². The lowest BCUT2D eigenvalue weighted by Crippen LogP contribution is -2.70. The van der Waals surface area contributed by atoms with Crippen LogP contribution >= 0.6 is 0 Å². The van der Waals surface area contributed by atoms with Crippen molar-refractivity contribution in [3.63, 3.8) is 0 Å². The van der Waals surface area contributed by atoms with Crippen LogP contribution in [0.15, 0.2) is 0 Å². The molecular weight excluding hydrogens is 236 g/mol. The first-order valence-corrected chi connectivity index (χ1v) is 6.21. The highest BCUT2D eigenvalue weighted by Gasteiger charge is 2.38. The minimum absolute atomic E-state index is 0.378. The Hall–Kier alpha value is -1.18. The highest BCUT2D eigenvalue weighted by atomic mass is 16.5. The van der Waals surface area contributed by atoms with Crippen LogP contribution in [0.4, 0.5) is 4.79 Å². The van der Waals surface area contributed by atoms with Crippen LogP contribution in [0.3, 0.4) is 0 Å². The van der Waals surface area contributed by atoms with Crippen molar-refractivity contribution in [2.45, 2.75) is 32.0 Å². The van der Waals surface area contributed by atoms with Crippen molar-refractivity contribution in [1.29, 1.82) is 0 Å². The molecule has 1 fully saturated rings. The van der Waals surface area contributed by atoms with Crippen molar-refractivity contribution in [3.05, 3.63) is 0 Å². The van der Waals surface area contributed by atoms with Gasteiger partial charge < -0.3 is 20.7 Å². The van der Waals surface area contributed by atoms with Crippen LogP contribution in [-0.2, 0) is 9.53 Å². The third kappa shape index (κ3) is 3.66. The average Bonchev–Trinajstić information content (AvgIpc) is 2.33. The summed E-state index contributed by atoms with van der Waals surface area (Å²) < 4.78 is 4.90. The normalized spacial score (nSPS) is 24.3. The zero-order valence-corrected chi connectivity index (χ0v) is 10.9. The minimum Gasteiger partial charge on any atom is -0.383 e. The smallest absolute Gasteiger partial charge is 0.325 e. The molecule has 7 heteroatoms. The van der Waals surface area contributed by atoms with E-state index in [1.54, 1.807) is 7.11 Å². The highest BCUT2D eigenvalue weighted by Crippen LogP contribution is 2.08. The lowest BCUT2D eigenvalue weighted by Gasteiger charge is -2.38. The Morgan fingerprint density at radius 2 is 2.22 bits per heavy atom. The first-order valence-electron chi connectivity index (χ1n) is 6.21. The summed E-state index contributed by atoms with van der Waals surface area (Å²) in [5, 5.41) is 5.30. The summed E-state index contributed by atoms with van der Waals surface area (Å²) in [6, 6.07) is -1.000. The molecule has 2 atom stereocenters. The maximum atomic E-state index is 11.7. The van der Waals surface area contributed by atoms with Gasteiger partial charge >= 0.3 is 6.03 Å². The number of carbonyl (C=O) groups excluding carboxylic acids is 2. The van der Waals surface area contributed by atoms with Crippen molar-refractivity contribution < 1.29 is 14.3 Å². The summed E-state index contributed by atoms with van der Waals surface area (Å²) in [4.78, 5) is 24.8. The minimum atomic E-state index is -0.630. The summed E-state index contributed by atoms with van der Waals surface area (Å²) in [6.07, 6.45) is 1.20. The first kappa shape index (κ1) is 14.9.